The molecule has 0 radical (unpaired) electrons. The Bertz CT molecular complexity index is 926. The van der Waals surface area contributed by atoms with Crippen LogP contribution in [0.25, 0.3) is 11.3 Å². The summed E-state index contributed by atoms with van der Waals surface area (Å²) in [6.45, 7) is 1.96. The molecular weight excluding hydrogens is 366 g/mol. The highest BCUT2D eigenvalue weighted by Crippen LogP contribution is 2.36. The number of pyridine rings is 1. The first-order valence-corrected chi connectivity index (χ1v) is 10.1. The van der Waals surface area contributed by atoms with Gasteiger partial charge in [0.05, 0.1) is 20.3 Å². The van der Waals surface area contributed by atoms with Crippen molar-refractivity contribution in [3.63, 3.8) is 0 Å². The highest BCUT2D eigenvalue weighted by atomic mass is 16.5. The average Bonchev–Trinajstić information content (AvgIpc) is 3.14. The zero-order chi connectivity index (χ0) is 20.1. The SMILES string of the molecule is COc1ccc(-c2cc([C@H]3CCCCCN3Cc3ccncc3)no2)cc1OC. The van der Waals surface area contributed by atoms with E-state index in [1.165, 1.54) is 24.8 Å². The molecule has 4 rings (SSSR count). The number of nitrogens with zero attached hydrogens (tertiary/aromatic N) is 3. The summed E-state index contributed by atoms with van der Waals surface area (Å²) in [5.74, 6) is 2.12. The van der Waals surface area contributed by atoms with Crippen LogP contribution in [0.2, 0.25) is 0 Å². The molecule has 2 aromatic heterocycles. The lowest BCUT2D eigenvalue weighted by Gasteiger charge is -2.28. The van der Waals surface area contributed by atoms with Gasteiger partial charge in [0.25, 0.3) is 0 Å². The number of hydrogen-bond acceptors (Lipinski definition) is 6. The first-order valence-electron chi connectivity index (χ1n) is 10.1. The summed E-state index contributed by atoms with van der Waals surface area (Å²) in [6, 6.07) is 12.3. The summed E-state index contributed by atoms with van der Waals surface area (Å²) in [4.78, 5) is 6.64. The van der Waals surface area contributed by atoms with Crippen molar-refractivity contribution in [3.8, 4) is 22.8 Å². The van der Waals surface area contributed by atoms with Crippen molar-refractivity contribution in [2.45, 2.75) is 38.3 Å². The van der Waals surface area contributed by atoms with Crippen LogP contribution in [-0.2, 0) is 6.54 Å². The maximum Gasteiger partial charge on any atom is 0.167 e. The van der Waals surface area contributed by atoms with Crippen molar-refractivity contribution in [1.29, 1.82) is 0 Å². The van der Waals surface area contributed by atoms with E-state index in [-0.39, 0.29) is 6.04 Å². The Morgan fingerprint density at radius 2 is 1.83 bits per heavy atom. The largest absolute Gasteiger partial charge is 0.493 e. The molecular formula is C23H27N3O3. The Morgan fingerprint density at radius 3 is 2.62 bits per heavy atom. The number of hydrogen-bond donors (Lipinski definition) is 0. The minimum absolute atomic E-state index is 0.253. The number of aromatic nitrogens is 2. The zero-order valence-corrected chi connectivity index (χ0v) is 17.0. The number of ether oxygens (including phenoxy) is 2. The van der Waals surface area contributed by atoms with Crippen molar-refractivity contribution in [2.75, 3.05) is 20.8 Å². The second-order valence-corrected chi connectivity index (χ2v) is 7.38. The molecule has 0 saturated carbocycles. The summed E-state index contributed by atoms with van der Waals surface area (Å²) in [7, 11) is 3.27. The third-order valence-electron chi connectivity index (χ3n) is 5.54. The van der Waals surface area contributed by atoms with Crippen LogP contribution in [0.3, 0.4) is 0 Å². The topological polar surface area (TPSA) is 60.6 Å². The van der Waals surface area contributed by atoms with E-state index in [1.54, 1.807) is 14.2 Å². The van der Waals surface area contributed by atoms with Gasteiger partial charge in [0.2, 0.25) is 0 Å². The molecule has 0 amide bonds. The Balaban J connectivity index is 1.59. The van der Waals surface area contributed by atoms with Gasteiger partial charge in [-0.1, -0.05) is 18.0 Å². The van der Waals surface area contributed by atoms with E-state index in [9.17, 15) is 0 Å². The van der Waals surface area contributed by atoms with Crippen molar-refractivity contribution in [3.05, 3.63) is 60.0 Å². The Morgan fingerprint density at radius 1 is 1.00 bits per heavy atom. The maximum absolute atomic E-state index is 5.73. The summed E-state index contributed by atoms with van der Waals surface area (Å²) in [5.41, 5.74) is 3.19. The molecule has 3 aromatic rings. The van der Waals surface area contributed by atoms with Gasteiger partial charge >= 0.3 is 0 Å². The highest BCUT2D eigenvalue weighted by Gasteiger charge is 2.26. The molecule has 1 saturated heterocycles. The van der Waals surface area contributed by atoms with E-state index in [1.807, 2.05) is 30.6 Å². The van der Waals surface area contributed by atoms with Gasteiger partial charge < -0.3 is 14.0 Å². The van der Waals surface area contributed by atoms with Crippen molar-refractivity contribution >= 4 is 0 Å². The highest BCUT2D eigenvalue weighted by molar-refractivity contribution is 5.62. The molecule has 0 spiro atoms. The average molecular weight is 393 g/mol. The number of benzene rings is 1. The summed E-state index contributed by atoms with van der Waals surface area (Å²) < 4.78 is 16.5. The third-order valence-corrected chi connectivity index (χ3v) is 5.54. The quantitative estimate of drug-likeness (QED) is 0.595. The van der Waals surface area contributed by atoms with E-state index in [4.69, 9.17) is 14.0 Å². The van der Waals surface area contributed by atoms with Gasteiger partial charge in [0.1, 0.15) is 5.69 Å². The smallest absolute Gasteiger partial charge is 0.167 e. The fraction of sp³-hybridized carbons (Fsp3) is 0.391. The maximum atomic E-state index is 5.73. The molecule has 152 valence electrons. The van der Waals surface area contributed by atoms with Gasteiger partial charge in [-0.2, -0.15) is 0 Å². The molecule has 0 bridgehead atoms. The van der Waals surface area contributed by atoms with Crippen LogP contribution in [0.15, 0.2) is 53.3 Å². The molecule has 0 unspecified atom stereocenters. The second-order valence-electron chi connectivity index (χ2n) is 7.38. The van der Waals surface area contributed by atoms with Gasteiger partial charge in [-0.15, -0.1) is 0 Å². The summed E-state index contributed by atoms with van der Waals surface area (Å²) in [6.07, 6.45) is 8.46. The molecule has 1 aliphatic heterocycles. The van der Waals surface area contributed by atoms with E-state index in [0.29, 0.717) is 11.5 Å². The minimum Gasteiger partial charge on any atom is -0.493 e. The van der Waals surface area contributed by atoms with Crippen molar-refractivity contribution in [1.82, 2.24) is 15.0 Å². The molecule has 6 nitrogen and oxygen atoms in total. The Hall–Kier alpha value is -2.86. The van der Waals surface area contributed by atoms with Crippen LogP contribution in [0.4, 0.5) is 0 Å². The first-order chi connectivity index (χ1) is 14.3. The van der Waals surface area contributed by atoms with Crippen molar-refractivity contribution in [2.24, 2.45) is 0 Å². The number of rotatable bonds is 6. The lowest BCUT2D eigenvalue weighted by atomic mass is 10.0. The number of methoxy groups -OCH3 is 2. The first kappa shape index (κ1) is 19.5. The molecule has 1 aliphatic rings. The Kier molecular flexibility index (Phi) is 6.10. The van der Waals surface area contributed by atoms with Crippen LogP contribution in [0.1, 0.15) is 43.0 Å². The lowest BCUT2D eigenvalue weighted by molar-refractivity contribution is 0.184. The number of likely N-dealkylation sites (tertiary alicyclic amines) is 1. The molecule has 1 atom stereocenters. The predicted molar refractivity (Wildman–Crippen MR) is 111 cm³/mol. The molecule has 0 N–H and O–H groups in total. The van der Waals surface area contributed by atoms with Gasteiger partial charge in [0.15, 0.2) is 17.3 Å². The molecule has 1 aromatic carbocycles. The Labute approximate surface area is 171 Å². The van der Waals surface area contributed by atoms with E-state index >= 15 is 0 Å². The van der Waals surface area contributed by atoms with E-state index in [0.717, 1.165) is 36.5 Å². The second kappa shape index (κ2) is 9.09. The fourth-order valence-corrected chi connectivity index (χ4v) is 3.99. The van der Waals surface area contributed by atoms with Gasteiger partial charge in [-0.05, 0) is 55.3 Å². The van der Waals surface area contributed by atoms with Gasteiger partial charge in [0, 0.05) is 30.6 Å². The zero-order valence-electron chi connectivity index (χ0n) is 17.0. The standard InChI is InChI=1S/C23H27N3O3/c1-27-21-8-7-18(14-23(21)28-2)22-15-19(25-29-22)20-6-4-3-5-13-26(20)16-17-9-11-24-12-10-17/h7-12,14-15,20H,3-6,13,16H2,1-2H3/t20-/m1/s1. The van der Waals surface area contributed by atoms with E-state index in [2.05, 4.69) is 33.2 Å². The fourth-order valence-electron chi connectivity index (χ4n) is 3.99. The van der Waals surface area contributed by atoms with Crippen LogP contribution in [0, 0.1) is 0 Å². The van der Waals surface area contributed by atoms with Crippen molar-refractivity contribution < 1.29 is 14.0 Å². The molecule has 3 heterocycles. The predicted octanol–water partition coefficient (Wildman–Crippen LogP) is 4.87. The van der Waals surface area contributed by atoms with Gasteiger partial charge in [-0.3, -0.25) is 9.88 Å². The third kappa shape index (κ3) is 4.43. The normalized spacial score (nSPS) is 17.7. The summed E-state index contributed by atoms with van der Waals surface area (Å²) >= 11 is 0. The molecule has 1 fully saturated rings. The van der Waals surface area contributed by atoms with Crippen LogP contribution in [-0.4, -0.2) is 35.8 Å². The summed E-state index contributed by atoms with van der Waals surface area (Å²) in [5, 5.41) is 4.45. The van der Waals surface area contributed by atoms with Crippen LogP contribution >= 0.6 is 0 Å². The monoisotopic (exact) mass is 393 g/mol. The molecule has 29 heavy (non-hydrogen) atoms. The van der Waals surface area contributed by atoms with Crippen LogP contribution < -0.4 is 9.47 Å². The molecule has 6 heteroatoms. The lowest BCUT2D eigenvalue weighted by Crippen LogP contribution is -2.28. The van der Waals surface area contributed by atoms with Gasteiger partial charge in [-0.25, -0.2) is 0 Å². The van der Waals surface area contributed by atoms with Crippen LogP contribution in [0.5, 0.6) is 11.5 Å². The minimum atomic E-state index is 0.253. The van der Waals surface area contributed by atoms with E-state index < -0.39 is 0 Å². The molecule has 0 aliphatic carbocycles.